The van der Waals surface area contributed by atoms with Gasteiger partial charge in [0.25, 0.3) is 0 Å². The second-order valence-corrected chi connectivity index (χ2v) is 7.40. The molecule has 0 aliphatic rings. The van der Waals surface area contributed by atoms with Crippen LogP contribution in [0.5, 0.6) is 0 Å². The summed E-state index contributed by atoms with van der Waals surface area (Å²) in [6.07, 6.45) is 8.40. The molecule has 0 heteroatoms. The van der Waals surface area contributed by atoms with Crippen LogP contribution in [0.4, 0.5) is 0 Å². The largest absolute Gasteiger partial charge is 0.0654 e. The molecule has 0 amide bonds. The van der Waals surface area contributed by atoms with Gasteiger partial charge in [0.05, 0.1) is 0 Å². The quantitative estimate of drug-likeness (QED) is 0.455. The van der Waals surface area contributed by atoms with E-state index in [1.807, 2.05) is 0 Å². The minimum Gasteiger partial charge on any atom is -0.0654 e. The van der Waals surface area contributed by atoms with Crippen LogP contribution in [0.25, 0.3) is 0 Å². The molecule has 0 unspecified atom stereocenters. The molecule has 0 heterocycles. The molecule has 0 spiro atoms. The third-order valence-electron chi connectivity index (χ3n) is 2.66. The van der Waals surface area contributed by atoms with Crippen LogP contribution in [-0.2, 0) is 0 Å². The highest BCUT2D eigenvalue weighted by molar-refractivity contribution is 4.62. The third kappa shape index (κ3) is 25.9. The Kier molecular flexibility index (Phi) is 12.6. The monoisotopic (exact) mass is 242 g/mol. The molecule has 0 atom stereocenters. The maximum atomic E-state index is 2.30. The lowest BCUT2D eigenvalue weighted by Crippen LogP contribution is -2.08. The summed E-state index contributed by atoms with van der Waals surface area (Å²) in [5.41, 5.74) is 0.522. The lowest BCUT2D eigenvalue weighted by Gasteiger charge is -2.19. The van der Waals surface area contributed by atoms with Crippen molar-refractivity contribution in [2.45, 2.75) is 93.9 Å². The Hall–Kier alpha value is 0. The van der Waals surface area contributed by atoms with Crippen molar-refractivity contribution in [3.8, 4) is 0 Å². The van der Waals surface area contributed by atoms with E-state index in [9.17, 15) is 0 Å². The van der Waals surface area contributed by atoms with Crippen LogP contribution in [0.3, 0.4) is 0 Å². The molecule has 0 nitrogen and oxygen atoms in total. The van der Waals surface area contributed by atoms with Crippen molar-refractivity contribution in [3.05, 3.63) is 0 Å². The first-order chi connectivity index (χ1) is 7.69. The van der Waals surface area contributed by atoms with E-state index in [4.69, 9.17) is 0 Å². The predicted octanol–water partition coefficient (Wildman–Crippen LogP) is 6.69. The molecular weight excluding hydrogens is 204 g/mol. The summed E-state index contributed by atoms with van der Waals surface area (Å²) in [5.74, 6) is 1.75. The van der Waals surface area contributed by atoms with Gasteiger partial charge in [0.1, 0.15) is 0 Å². The average Bonchev–Trinajstić information content (AvgIpc) is 2.09. The molecular formula is C17H38. The van der Waals surface area contributed by atoms with Gasteiger partial charge in [-0.3, -0.25) is 0 Å². The molecule has 0 aromatic heterocycles. The number of hydrogen-bond acceptors (Lipinski definition) is 0. The van der Waals surface area contributed by atoms with Gasteiger partial charge in [0.2, 0.25) is 0 Å². The SMILES string of the molecule is CC(C)CC(C)(C)C.CCCCCCC(C)C. The van der Waals surface area contributed by atoms with Gasteiger partial charge in [-0.15, -0.1) is 0 Å². The van der Waals surface area contributed by atoms with Crippen molar-refractivity contribution in [1.82, 2.24) is 0 Å². The molecule has 0 radical (unpaired) electrons. The third-order valence-corrected chi connectivity index (χ3v) is 2.66. The fourth-order valence-corrected chi connectivity index (χ4v) is 2.20. The van der Waals surface area contributed by atoms with Crippen LogP contribution < -0.4 is 0 Å². The molecule has 106 valence electrons. The standard InChI is InChI=1S/C9H20.C8H18/c1-4-5-6-7-8-9(2)3;1-7(2)6-8(3,4)5/h9H,4-8H2,1-3H3;7H,6H2,1-5H3. The summed E-state index contributed by atoms with van der Waals surface area (Å²) < 4.78 is 0. The lowest BCUT2D eigenvalue weighted by atomic mass is 9.86. The summed E-state index contributed by atoms with van der Waals surface area (Å²) in [6, 6.07) is 0. The molecule has 0 saturated heterocycles. The van der Waals surface area contributed by atoms with Gasteiger partial charge in [-0.2, -0.15) is 0 Å². The molecule has 0 fully saturated rings. The zero-order valence-corrected chi connectivity index (χ0v) is 13.9. The summed E-state index contributed by atoms with van der Waals surface area (Å²) in [5, 5.41) is 0. The van der Waals surface area contributed by atoms with E-state index in [1.54, 1.807) is 0 Å². The van der Waals surface area contributed by atoms with Crippen molar-refractivity contribution in [2.24, 2.45) is 17.3 Å². The topological polar surface area (TPSA) is 0 Å². The van der Waals surface area contributed by atoms with Crippen LogP contribution in [0.2, 0.25) is 0 Å². The molecule has 0 N–H and O–H groups in total. The molecule has 0 aliphatic heterocycles. The van der Waals surface area contributed by atoms with E-state index >= 15 is 0 Å². The minimum absolute atomic E-state index is 0.522. The zero-order valence-electron chi connectivity index (χ0n) is 13.9. The van der Waals surface area contributed by atoms with Gasteiger partial charge in [-0.05, 0) is 23.7 Å². The molecule has 0 aliphatic carbocycles. The second kappa shape index (κ2) is 11.1. The maximum Gasteiger partial charge on any atom is -0.0380 e. The summed E-state index contributed by atoms with van der Waals surface area (Å²) in [6.45, 7) is 18.2. The highest BCUT2D eigenvalue weighted by atomic mass is 14.2. The Labute approximate surface area is 112 Å². The molecule has 0 bridgehead atoms. The van der Waals surface area contributed by atoms with Gasteiger partial charge in [0, 0.05) is 0 Å². The highest BCUT2D eigenvalue weighted by Crippen LogP contribution is 2.23. The van der Waals surface area contributed by atoms with Gasteiger partial charge in [-0.25, -0.2) is 0 Å². The fourth-order valence-electron chi connectivity index (χ4n) is 2.20. The van der Waals surface area contributed by atoms with E-state index in [2.05, 4.69) is 55.4 Å². The zero-order chi connectivity index (χ0) is 13.9. The van der Waals surface area contributed by atoms with Gasteiger partial charge in [0.15, 0.2) is 0 Å². The van der Waals surface area contributed by atoms with Crippen LogP contribution in [-0.4, -0.2) is 0 Å². The van der Waals surface area contributed by atoms with E-state index in [-0.39, 0.29) is 0 Å². The summed E-state index contributed by atoms with van der Waals surface area (Å²) in [4.78, 5) is 0. The van der Waals surface area contributed by atoms with Crippen LogP contribution in [0, 0.1) is 17.3 Å². The maximum absolute atomic E-state index is 2.30. The van der Waals surface area contributed by atoms with Crippen molar-refractivity contribution in [2.75, 3.05) is 0 Å². The van der Waals surface area contributed by atoms with Crippen molar-refractivity contribution in [3.63, 3.8) is 0 Å². The number of rotatable bonds is 6. The van der Waals surface area contributed by atoms with E-state index in [0.717, 1.165) is 11.8 Å². The van der Waals surface area contributed by atoms with Crippen LogP contribution in [0.1, 0.15) is 93.9 Å². The average molecular weight is 242 g/mol. The Bertz CT molecular complexity index is 137. The molecule has 0 aromatic rings. The second-order valence-electron chi connectivity index (χ2n) is 7.40. The highest BCUT2D eigenvalue weighted by Gasteiger charge is 2.11. The van der Waals surface area contributed by atoms with Crippen molar-refractivity contribution < 1.29 is 0 Å². The van der Waals surface area contributed by atoms with E-state index in [1.165, 1.54) is 38.5 Å². The first kappa shape index (κ1) is 19.3. The first-order valence-corrected chi connectivity index (χ1v) is 7.69. The predicted molar refractivity (Wildman–Crippen MR) is 82.5 cm³/mol. The Morgan fingerprint density at radius 3 is 1.53 bits per heavy atom. The van der Waals surface area contributed by atoms with Gasteiger partial charge in [-0.1, -0.05) is 87.5 Å². The Balaban J connectivity index is 0. The van der Waals surface area contributed by atoms with Crippen molar-refractivity contribution in [1.29, 1.82) is 0 Å². The molecule has 17 heavy (non-hydrogen) atoms. The Morgan fingerprint density at radius 1 is 0.765 bits per heavy atom. The smallest absolute Gasteiger partial charge is 0.0380 e. The number of unbranched alkanes of at least 4 members (excludes halogenated alkanes) is 3. The fraction of sp³-hybridized carbons (Fsp3) is 1.00. The van der Waals surface area contributed by atoms with Crippen molar-refractivity contribution >= 4 is 0 Å². The Morgan fingerprint density at radius 2 is 1.29 bits per heavy atom. The first-order valence-electron chi connectivity index (χ1n) is 7.69. The normalized spacial score (nSPS) is 11.6. The van der Waals surface area contributed by atoms with E-state index < -0.39 is 0 Å². The van der Waals surface area contributed by atoms with Gasteiger partial charge < -0.3 is 0 Å². The molecule has 0 aromatic carbocycles. The number of hydrogen-bond donors (Lipinski definition) is 0. The molecule has 0 saturated carbocycles. The van der Waals surface area contributed by atoms with Crippen LogP contribution in [0.15, 0.2) is 0 Å². The minimum atomic E-state index is 0.522. The summed E-state index contributed by atoms with van der Waals surface area (Å²) >= 11 is 0. The van der Waals surface area contributed by atoms with Crippen LogP contribution >= 0.6 is 0 Å². The van der Waals surface area contributed by atoms with E-state index in [0.29, 0.717) is 5.41 Å². The summed E-state index contributed by atoms with van der Waals surface area (Å²) in [7, 11) is 0. The van der Waals surface area contributed by atoms with Gasteiger partial charge >= 0.3 is 0 Å². The molecule has 0 rings (SSSR count). The lowest BCUT2D eigenvalue weighted by molar-refractivity contribution is 0.320.